The lowest BCUT2D eigenvalue weighted by molar-refractivity contribution is -0.0142. The molecule has 3 heteroatoms. The molecule has 0 spiro atoms. The first-order valence-corrected chi connectivity index (χ1v) is 11.9. The highest BCUT2D eigenvalue weighted by Crippen LogP contribution is 2.53. The van der Waals surface area contributed by atoms with Crippen LogP contribution < -0.4 is 14.8 Å². The maximum atomic E-state index is 6.14. The number of nitrogens with one attached hydrogen (secondary N) is 1. The van der Waals surface area contributed by atoms with E-state index in [0.29, 0.717) is 19.3 Å². The second-order valence-electron chi connectivity index (χ2n) is 9.77. The summed E-state index contributed by atoms with van der Waals surface area (Å²) in [5, 5.41) is 3.94. The van der Waals surface area contributed by atoms with E-state index in [0.717, 1.165) is 41.7 Å². The van der Waals surface area contributed by atoms with Crippen LogP contribution in [0.4, 0.5) is 0 Å². The molecule has 2 aromatic rings. The van der Waals surface area contributed by atoms with Gasteiger partial charge in [0.1, 0.15) is 6.61 Å². The molecule has 0 aromatic heterocycles. The zero-order valence-electron chi connectivity index (χ0n) is 18.4. The lowest BCUT2D eigenvalue weighted by atomic mass is 9.54. The summed E-state index contributed by atoms with van der Waals surface area (Å²) < 4.78 is 12.1. The average molecular weight is 406 g/mol. The summed E-state index contributed by atoms with van der Waals surface area (Å²) in [6.45, 7) is 6.29. The van der Waals surface area contributed by atoms with Gasteiger partial charge in [-0.3, -0.25) is 0 Å². The molecule has 0 saturated heterocycles. The third kappa shape index (κ3) is 4.09. The van der Waals surface area contributed by atoms with Gasteiger partial charge in [-0.2, -0.15) is 0 Å². The minimum Gasteiger partial charge on any atom is -0.490 e. The van der Waals surface area contributed by atoms with Crippen LogP contribution in [0, 0.1) is 30.6 Å². The van der Waals surface area contributed by atoms with Crippen LogP contribution in [0.3, 0.4) is 0 Å². The third-order valence-corrected chi connectivity index (χ3v) is 7.72. The Balaban J connectivity index is 1.24. The normalized spacial score (nSPS) is 29.2. The molecule has 0 heterocycles. The summed E-state index contributed by atoms with van der Waals surface area (Å²) in [6, 6.07) is 15.5. The molecule has 4 aliphatic rings. The van der Waals surface area contributed by atoms with Crippen LogP contribution in [0.1, 0.15) is 55.7 Å². The number of hydrogen-bond donors (Lipinski definition) is 1. The van der Waals surface area contributed by atoms with Crippen molar-refractivity contribution in [3.63, 3.8) is 0 Å². The van der Waals surface area contributed by atoms with E-state index in [1.54, 1.807) is 0 Å². The molecule has 3 nitrogen and oxygen atoms in total. The highest BCUT2D eigenvalue weighted by atomic mass is 16.5. The second-order valence-corrected chi connectivity index (χ2v) is 9.77. The van der Waals surface area contributed by atoms with Crippen LogP contribution >= 0.6 is 0 Å². The number of benzene rings is 2. The van der Waals surface area contributed by atoms with E-state index in [1.807, 2.05) is 6.92 Å². The fourth-order valence-corrected chi connectivity index (χ4v) is 6.47. The van der Waals surface area contributed by atoms with Crippen molar-refractivity contribution in [2.45, 2.75) is 65.1 Å². The Kier molecular flexibility index (Phi) is 5.73. The average Bonchev–Trinajstić information content (AvgIpc) is 2.73. The summed E-state index contributed by atoms with van der Waals surface area (Å²) in [7, 11) is 0. The summed E-state index contributed by atoms with van der Waals surface area (Å²) in [4.78, 5) is 0. The first-order chi connectivity index (χ1) is 14.7. The lowest BCUT2D eigenvalue weighted by Crippen LogP contribution is -2.54. The Morgan fingerprint density at radius 3 is 2.30 bits per heavy atom. The first kappa shape index (κ1) is 19.9. The molecule has 2 aromatic carbocycles. The first-order valence-electron chi connectivity index (χ1n) is 11.9. The highest BCUT2D eigenvalue weighted by molar-refractivity contribution is 5.43. The van der Waals surface area contributed by atoms with Crippen molar-refractivity contribution < 1.29 is 9.47 Å². The fourth-order valence-electron chi connectivity index (χ4n) is 6.47. The summed E-state index contributed by atoms with van der Waals surface area (Å²) in [6.07, 6.45) is 7.35. The SMILES string of the molecule is CCOc1cc(CNC2C3CC4CC(C3)CC2C4)ccc1OCc1ccccc1C. The molecule has 6 rings (SSSR count). The second kappa shape index (κ2) is 8.63. The fraction of sp³-hybridized carbons (Fsp3) is 0.556. The summed E-state index contributed by atoms with van der Waals surface area (Å²) in [5.74, 6) is 5.56. The molecular weight excluding hydrogens is 370 g/mol. The molecule has 4 saturated carbocycles. The standard InChI is InChI=1S/C27H35NO2/c1-3-29-26-15-19(8-9-25(26)30-17-22-7-5-4-6-18(22)2)16-28-27-23-11-20-10-21(13-23)14-24(27)12-20/h4-9,15,20-21,23-24,27-28H,3,10-14,16-17H2,1-2H3. The van der Waals surface area contributed by atoms with Gasteiger partial charge in [-0.25, -0.2) is 0 Å². The van der Waals surface area contributed by atoms with Gasteiger partial charge in [0.15, 0.2) is 11.5 Å². The Hall–Kier alpha value is -2.00. The Labute approximate surface area is 181 Å². The van der Waals surface area contributed by atoms with Gasteiger partial charge in [-0.1, -0.05) is 30.3 Å². The van der Waals surface area contributed by atoms with Gasteiger partial charge in [-0.05, 0) is 98.4 Å². The predicted molar refractivity (Wildman–Crippen MR) is 121 cm³/mol. The van der Waals surface area contributed by atoms with Crippen molar-refractivity contribution >= 4 is 0 Å². The van der Waals surface area contributed by atoms with Crippen molar-refractivity contribution in [1.29, 1.82) is 0 Å². The minimum atomic E-state index is 0.568. The zero-order valence-corrected chi connectivity index (χ0v) is 18.4. The van der Waals surface area contributed by atoms with E-state index in [2.05, 4.69) is 54.7 Å². The van der Waals surface area contributed by atoms with Gasteiger partial charge in [-0.15, -0.1) is 0 Å². The summed E-state index contributed by atoms with van der Waals surface area (Å²) >= 11 is 0. The molecule has 0 unspecified atom stereocenters. The molecule has 160 valence electrons. The minimum absolute atomic E-state index is 0.568. The lowest BCUT2D eigenvalue weighted by Gasteiger charge is -2.54. The number of rotatable bonds is 8. The number of ether oxygens (including phenoxy) is 2. The number of aryl methyl sites for hydroxylation is 1. The molecule has 1 N–H and O–H groups in total. The van der Waals surface area contributed by atoms with Crippen LogP contribution in [0.2, 0.25) is 0 Å². The highest BCUT2D eigenvalue weighted by Gasteiger charge is 2.47. The van der Waals surface area contributed by atoms with Gasteiger partial charge in [0.05, 0.1) is 6.61 Å². The van der Waals surface area contributed by atoms with Crippen LogP contribution in [0.25, 0.3) is 0 Å². The molecule has 0 aliphatic heterocycles. The van der Waals surface area contributed by atoms with Gasteiger partial charge in [0.2, 0.25) is 0 Å². The Bertz CT molecular complexity index is 849. The van der Waals surface area contributed by atoms with E-state index < -0.39 is 0 Å². The van der Waals surface area contributed by atoms with Crippen LogP contribution in [0.5, 0.6) is 11.5 Å². The smallest absolute Gasteiger partial charge is 0.161 e. The van der Waals surface area contributed by atoms with Crippen LogP contribution in [-0.2, 0) is 13.2 Å². The molecule has 30 heavy (non-hydrogen) atoms. The van der Waals surface area contributed by atoms with Crippen molar-refractivity contribution in [2.75, 3.05) is 6.61 Å². The molecular formula is C27H35NO2. The van der Waals surface area contributed by atoms with Gasteiger partial charge < -0.3 is 14.8 Å². The monoisotopic (exact) mass is 405 g/mol. The van der Waals surface area contributed by atoms with E-state index in [4.69, 9.17) is 9.47 Å². The molecule has 0 amide bonds. The van der Waals surface area contributed by atoms with Crippen LogP contribution in [0.15, 0.2) is 42.5 Å². The predicted octanol–water partition coefficient (Wildman–Crippen LogP) is 5.89. The topological polar surface area (TPSA) is 30.5 Å². The van der Waals surface area contributed by atoms with E-state index in [1.165, 1.54) is 48.8 Å². The van der Waals surface area contributed by atoms with E-state index >= 15 is 0 Å². The van der Waals surface area contributed by atoms with Crippen molar-refractivity contribution in [3.05, 3.63) is 59.2 Å². The molecule has 4 bridgehead atoms. The van der Waals surface area contributed by atoms with E-state index in [-0.39, 0.29) is 0 Å². The maximum Gasteiger partial charge on any atom is 0.161 e. The van der Waals surface area contributed by atoms with Gasteiger partial charge in [0, 0.05) is 12.6 Å². The molecule has 4 fully saturated rings. The zero-order chi connectivity index (χ0) is 20.5. The Morgan fingerprint density at radius 2 is 1.60 bits per heavy atom. The third-order valence-electron chi connectivity index (χ3n) is 7.72. The largest absolute Gasteiger partial charge is 0.490 e. The van der Waals surface area contributed by atoms with Crippen LogP contribution in [-0.4, -0.2) is 12.6 Å². The van der Waals surface area contributed by atoms with Gasteiger partial charge >= 0.3 is 0 Å². The molecule has 4 aliphatic carbocycles. The molecule has 0 atom stereocenters. The van der Waals surface area contributed by atoms with Crippen molar-refractivity contribution in [1.82, 2.24) is 5.32 Å². The van der Waals surface area contributed by atoms with Gasteiger partial charge in [0.25, 0.3) is 0 Å². The van der Waals surface area contributed by atoms with Crippen molar-refractivity contribution in [2.24, 2.45) is 23.7 Å². The Morgan fingerprint density at radius 1 is 0.867 bits per heavy atom. The van der Waals surface area contributed by atoms with Crippen molar-refractivity contribution in [3.8, 4) is 11.5 Å². The maximum absolute atomic E-state index is 6.14. The summed E-state index contributed by atoms with van der Waals surface area (Å²) in [5.41, 5.74) is 3.76. The van der Waals surface area contributed by atoms with E-state index in [9.17, 15) is 0 Å². The number of hydrogen-bond acceptors (Lipinski definition) is 3. The quantitative estimate of drug-likeness (QED) is 0.594. The molecule has 0 radical (unpaired) electrons.